The smallest absolute Gasteiger partial charge is 0.264 e. The number of amides is 2. The van der Waals surface area contributed by atoms with Gasteiger partial charge in [0.25, 0.3) is 10.0 Å². The molecule has 11 heteroatoms. The van der Waals surface area contributed by atoms with Crippen molar-refractivity contribution in [1.29, 1.82) is 0 Å². The highest BCUT2D eigenvalue weighted by atomic mass is 35.5. The number of rotatable bonds is 14. The first-order chi connectivity index (χ1) is 22.0. The number of aryl methyl sites for hydroxylation is 1. The predicted octanol–water partition coefficient (Wildman–Crippen LogP) is 7.19. The Morgan fingerprint density at radius 1 is 0.870 bits per heavy atom. The number of sulfonamides is 1. The van der Waals surface area contributed by atoms with E-state index >= 15 is 0 Å². The van der Waals surface area contributed by atoms with Crippen LogP contribution in [0.2, 0.25) is 10.0 Å². The number of benzene rings is 4. The van der Waals surface area contributed by atoms with Gasteiger partial charge in [-0.15, -0.1) is 0 Å². The minimum absolute atomic E-state index is 0.0472. The molecule has 0 bridgehead atoms. The zero-order valence-corrected chi connectivity index (χ0v) is 28.0. The summed E-state index contributed by atoms with van der Waals surface area (Å²) in [6, 6.07) is 24.2. The van der Waals surface area contributed by atoms with Crippen molar-refractivity contribution in [3.05, 3.63) is 130 Å². The third-order valence-electron chi connectivity index (χ3n) is 7.49. The van der Waals surface area contributed by atoms with Crippen molar-refractivity contribution in [1.82, 2.24) is 10.2 Å². The van der Waals surface area contributed by atoms with E-state index in [1.165, 1.54) is 29.2 Å². The molecule has 2 amide bonds. The molecule has 7 nitrogen and oxygen atoms in total. The highest BCUT2D eigenvalue weighted by Gasteiger charge is 2.35. The van der Waals surface area contributed by atoms with Gasteiger partial charge in [0.1, 0.15) is 18.4 Å². The van der Waals surface area contributed by atoms with Crippen LogP contribution in [-0.2, 0) is 32.6 Å². The molecule has 4 aromatic carbocycles. The lowest BCUT2D eigenvalue weighted by Gasteiger charge is -2.34. The first-order valence-electron chi connectivity index (χ1n) is 14.9. The largest absolute Gasteiger partial charge is 0.354 e. The average molecular weight is 685 g/mol. The van der Waals surface area contributed by atoms with Crippen molar-refractivity contribution in [3.63, 3.8) is 0 Å². The van der Waals surface area contributed by atoms with E-state index in [-0.39, 0.29) is 33.6 Å². The van der Waals surface area contributed by atoms with Crippen LogP contribution in [0.5, 0.6) is 0 Å². The van der Waals surface area contributed by atoms with Crippen molar-refractivity contribution in [2.75, 3.05) is 17.4 Å². The molecule has 0 aliphatic heterocycles. The van der Waals surface area contributed by atoms with Crippen LogP contribution in [0.3, 0.4) is 0 Å². The highest BCUT2D eigenvalue weighted by molar-refractivity contribution is 7.92. The number of carbonyl (C=O) groups is 2. The second-order valence-electron chi connectivity index (χ2n) is 10.9. The molecule has 46 heavy (non-hydrogen) atoms. The maximum Gasteiger partial charge on any atom is 0.264 e. The van der Waals surface area contributed by atoms with Gasteiger partial charge in [0.05, 0.1) is 10.6 Å². The first-order valence-corrected chi connectivity index (χ1v) is 17.1. The summed E-state index contributed by atoms with van der Waals surface area (Å²) in [5.41, 5.74) is 2.14. The summed E-state index contributed by atoms with van der Waals surface area (Å²) in [4.78, 5) is 29.6. The van der Waals surface area contributed by atoms with E-state index in [1.54, 1.807) is 30.3 Å². The summed E-state index contributed by atoms with van der Waals surface area (Å²) < 4.78 is 43.0. The van der Waals surface area contributed by atoms with Crippen molar-refractivity contribution in [3.8, 4) is 0 Å². The maximum absolute atomic E-state index is 14.5. The summed E-state index contributed by atoms with van der Waals surface area (Å²) in [5.74, 6) is -1.64. The molecule has 0 radical (unpaired) electrons. The summed E-state index contributed by atoms with van der Waals surface area (Å²) >= 11 is 13.1. The van der Waals surface area contributed by atoms with E-state index in [1.807, 2.05) is 44.2 Å². The Kier molecular flexibility index (Phi) is 12.2. The Bertz CT molecular complexity index is 1720. The fourth-order valence-corrected chi connectivity index (χ4v) is 6.82. The van der Waals surface area contributed by atoms with Gasteiger partial charge in [-0.2, -0.15) is 0 Å². The third-order valence-corrected chi connectivity index (χ3v) is 9.99. The van der Waals surface area contributed by atoms with Gasteiger partial charge in [-0.1, -0.05) is 90.6 Å². The molecular weight excluding hydrogens is 648 g/mol. The molecule has 1 atom stereocenters. The van der Waals surface area contributed by atoms with Gasteiger partial charge in [0.15, 0.2) is 0 Å². The van der Waals surface area contributed by atoms with Crippen LogP contribution in [0.1, 0.15) is 36.5 Å². The topological polar surface area (TPSA) is 86.8 Å². The number of unbranched alkanes of at least 4 members (excludes halogenated alkanes) is 1. The van der Waals surface area contributed by atoms with E-state index in [2.05, 4.69) is 5.32 Å². The fourth-order valence-electron chi connectivity index (χ4n) is 4.89. The number of anilines is 1. The molecule has 242 valence electrons. The molecule has 4 rings (SSSR count). The van der Waals surface area contributed by atoms with Crippen LogP contribution in [0.25, 0.3) is 0 Å². The SMILES string of the molecule is CCCCNC(=O)[C@H](Cc1ccccc1)N(Cc1c(Cl)cccc1Cl)C(=O)CN(c1ccc(F)cc1)S(=O)(=O)c1ccc(C)cc1. The summed E-state index contributed by atoms with van der Waals surface area (Å²) in [5, 5.41) is 3.51. The Labute approximate surface area is 280 Å². The van der Waals surface area contributed by atoms with Gasteiger partial charge in [0, 0.05) is 35.1 Å². The predicted molar refractivity (Wildman–Crippen MR) is 181 cm³/mol. The van der Waals surface area contributed by atoms with E-state index < -0.39 is 40.2 Å². The zero-order valence-electron chi connectivity index (χ0n) is 25.6. The lowest BCUT2D eigenvalue weighted by molar-refractivity contribution is -0.140. The highest BCUT2D eigenvalue weighted by Crippen LogP contribution is 2.29. The quantitative estimate of drug-likeness (QED) is 0.143. The van der Waals surface area contributed by atoms with Gasteiger partial charge in [-0.3, -0.25) is 13.9 Å². The van der Waals surface area contributed by atoms with Crippen LogP contribution in [0.15, 0.2) is 102 Å². The average Bonchev–Trinajstić information content (AvgIpc) is 3.04. The summed E-state index contributed by atoms with van der Waals surface area (Å²) in [7, 11) is -4.31. The molecule has 0 saturated carbocycles. The van der Waals surface area contributed by atoms with Crippen LogP contribution in [0, 0.1) is 12.7 Å². The van der Waals surface area contributed by atoms with Gasteiger partial charge in [0.2, 0.25) is 11.8 Å². The van der Waals surface area contributed by atoms with Gasteiger partial charge < -0.3 is 10.2 Å². The molecule has 0 aliphatic rings. The van der Waals surface area contributed by atoms with Crippen molar-refractivity contribution >= 4 is 50.7 Å². The minimum Gasteiger partial charge on any atom is -0.354 e. The molecule has 0 unspecified atom stereocenters. The lowest BCUT2D eigenvalue weighted by atomic mass is 10.0. The van der Waals surface area contributed by atoms with E-state index in [0.717, 1.165) is 40.4 Å². The summed E-state index contributed by atoms with van der Waals surface area (Å²) in [6.07, 6.45) is 1.74. The Morgan fingerprint density at radius 2 is 1.50 bits per heavy atom. The number of nitrogens with one attached hydrogen (secondary N) is 1. The van der Waals surface area contributed by atoms with Gasteiger partial charge in [-0.25, -0.2) is 12.8 Å². The minimum atomic E-state index is -4.31. The molecule has 0 aromatic heterocycles. The fraction of sp³-hybridized carbons (Fsp3) is 0.257. The Hall–Kier alpha value is -3.92. The molecule has 0 fully saturated rings. The van der Waals surface area contributed by atoms with Gasteiger partial charge in [-0.05, 0) is 67.4 Å². The van der Waals surface area contributed by atoms with Crippen molar-refractivity contribution in [2.45, 2.75) is 50.6 Å². The van der Waals surface area contributed by atoms with Crippen LogP contribution >= 0.6 is 23.2 Å². The van der Waals surface area contributed by atoms with Crippen molar-refractivity contribution < 1.29 is 22.4 Å². The molecule has 0 spiro atoms. The Balaban J connectivity index is 1.82. The van der Waals surface area contributed by atoms with Crippen LogP contribution in [0.4, 0.5) is 10.1 Å². The third kappa shape index (κ3) is 8.87. The van der Waals surface area contributed by atoms with E-state index in [0.29, 0.717) is 12.1 Å². The number of nitrogens with zero attached hydrogens (tertiary/aromatic N) is 2. The molecule has 0 saturated heterocycles. The molecule has 0 aliphatic carbocycles. The Morgan fingerprint density at radius 3 is 2.11 bits per heavy atom. The lowest BCUT2D eigenvalue weighted by Crippen LogP contribution is -2.53. The normalized spacial score (nSPS) is 11.9. The monoisotopic (exact) mass is 683 g/mol. The van der Waals surface area contributed by atoms with Crippen LogP contribution < -0.4 is 9.62 Å². The second kappa shape index (κ2) is 16.1. The number of carbonyl (C=O) groups excluding carboxylic acids is 2. The summed E-state index contributed by atoms with van der Waals surface area (Å²) in [6.45, 7) is 3.38. The molecular formula is C35H36Cl2FN3O4S. The second-order valence-corrected chi connectivity index (χ2v) is 13.5. The van der Waals surface area contributed by atoms with Crippen LogP contribution in [-0.4, -0.2) is 44.3 Å². The standard InChI is InChI=1S/C35H36Cl2FN3O4S/c1-3-4-21-39-35(43)33(22-26-9-6-5-7-10-26)40(23-30-31(36)11-8-12-32(30)37)34(42)24-41(28-17-15-27(38)16-18-28)46(44,45)29-19-13-25(2)14-20-29/h5-20,33H,3-4,21-24H2,1-2H3,(H,39,43)/t33-/m0/s1. The first kappa shape index (κ1) is 34.9. The molecule has 0 heterocycles. The number of hydrogen-bond acceptors (Lipinski definition) is 4. The molecule has 1 N–H and O–H groups in total. The van der Waals surface area contributed by atoms with E-state index in [4.69, 9.17) is 23.2 Å². The molecule has 4 aromatic rings. The number of hydrogen-bond donors (Lipinski definition) is 1. The van der Waals surface area contributed by atoms with E-state index in [9.17, 15) is 22.4 Å². The number of halogens is 3. The zero-order chi connectivity index (χ0) is 33.3. The van der Waals surface area contributed by atoms with Crippen molar-refractivity contribution in [2.24, 2.45) is 0 Å². The van der Waals surface area contributed by atoms with Gasteiger partial charge >= 0.3 is 0 Å². The maximum atomic E-state index is 14.5.